The van der Waals surface area contributed by atoms with E-state index in [1.807, 2.05) is 13.0 Å². The van der Waals surface area contributed by atoms with Gasteiger partial charge in [-0.05, 0) is 47.5 Å². The summed E-state index contributed by atoms with van der Waals surface area (Å²) in [6.07, 6.45) is -0.494. The first kappa shape index (κ1) is 13.5. The number of ether oxygens (including phenoxy) is 1. The summed E-state index contributed by atoms with van der Waals surface area (Å²) < 4.78 is 5.71. The van der Waals surface area contributed by atoms with Crippen LogP contribution in [-0.2, 0) is 9.53 Å². The molecule has 0 aliphatic rings. The van der Waals surface area contributed by atoms with E-state index in [-0.39, 0.29) is 5.91 Å². The van der Waals surface area contributed by atoms with E-state index in [1.165, 1.54) is 7.11 Å². The highest BCUT2D eigenvalue weighted by atomic mass is 79.9. The van der Waals surface area contributed by atoms with E-state index >= 15 is 0 Å². The average molecular weight is 307 g/mol. The second kappa shape index (κ2) is 5.66. The molecule has 1 aromatic carbocycles. The minimum atomic E-state index is -0.494. The molecular formula is C11H13BrClNO2. The molecule has 16 heavy (non-hydrogen) atoms. The van der Waals surface area contributed by atoms with Crippen LogP contribution < -0.4 is 5.32 Å². The molecule has 3 nitrogen and oxygen atoms in total. The standard InChI is InChI=1S/C11H13BrClNO2/c1-6-4-8(12)10(5-9(6)13)14-11(15)7(2)16-3/h4-5,7H,1-3H3,(H,14,15). The van der Waals surface area contributed by atoms with Gasteiger partial charge in [0.05, 0.1) is 5.69 Å². The molecule has 0 spiro atoms. The average Bonchev–Trinajstić information content (AvgIpc) is 2.24. The topological polar surface area (TPSA) is 38.3 Å². The fraction of sp³-hybridized carbons (Fsp3) is 0.364. The molecule has 88 valence electrons. The van der Waals surface area contributed by atoms with Crippen molar-refractivity contribution < 1.29 is 9.53 Å². The third-order valence-electron chi connectivity index (χ3n) is 2.23. The van der Waals surface area contributed by atoms with Crippen molar-refractivity contribution in [2.75, 3.05) is 12.4 Å². The number of halogens is 2. The predicted molar refractivity (Wildman–Crippen MR) is 69.0 cm³/mol. The minimum Gasteiger partial charge on any atom is -0.372 e. The van der Waals surface area contributed by atoms with Crippen LogP contribution in [0.2, 0.25) is 5.02 Å². The van der Waals surface area contributed by atoms with Crippen LogP contribution >= 0.6 is 27.5 Å². The SMILES string of the molecule is COC(C)C(=O)Nc1cc(Cl)c(C)cc1Br. The first-order chi connectivity index (χ1) is 7.45. The number of hydrogen-bond donors (Lipinski definition) is 1. The van der Waals surface area contributed by atoms with Crippen molar-refractivity contribution in [2.24, 2.45) is 0 Å². The lowest BCUT2D eigenvalue weighted by Crippen LogP contribution is -2.26. The smallest absolute Gasteiger partial charge is 0.253 e. The van der Waals surface area contributed by atoms with Crippen molar-refractivity contribution in [3.8, 4) is 0 Å². The molecule has 0 fully saturated rings. The Morgan fingerprint density at radius 2 is 2.19 bits per heavy atom. The lowest BCUT2D eigenvalue weighted by atomic mass is 10.2. The molecule has 0 saturated carbocycles. The summed E-state index contributed by atoms with van der Waals surface area (Å²) in [5.41, 5.74) is 1.59. The molecule has 5 heteroatoms. The van der Waals surface area contributed by atoms with Crippen LogP contribution in [-0.4, -0.2) is 19.1 Å². The fourth-order valence-electron chi connectivity index (χ4n) is 1.08. The van der Waals surface area contributed by atoms with Gasteiger partial charge in [0, 0.05) is 16.6 Å². The maximum Gasteiger partial charge on any atom is 0.253 e. The minimum absolute atomic E-state index is 0.205. The van der Waals surface area contributed by atoms with Gasteiger partial charge in [0.25, 0.3) is 5.91 Å². The van der Waals surface area contributed by atoms with Gasteiger partial charge < -0.3 is 10.1 Å². The normalized spacial score (nSPS) is 12.3. The molecule has 1 aromatic rings. The first-order valence-corrected chi connectivity index (χ1v) is 5.92. The Morgan fingerprint density at radius 1 is 1.56 bits per heavy atom. The highest BCUT2D eigenvalue weighted by molar-refractivity contribution is 9.10. The summed E-state index contributed by atoms with van der Waals surface area (Å²) in [5, 5.41) is 3.35. The Bertz CT molecular complexity index is 409. The van der Waals surface area contributed by atoms with E-state index in [1.54, 1.807) is 13.0 Å². The molecule has 0 saturated heterocycles. The Labute approximate surface area is 108 Å². The zero-order valence-corrected chi connectivity index (χ0v) is 11.6. The predicted octanol–water partition coefficient (Wildman–Crippen LogP) is 3.38. The Kier molecular flexibility index (Phi) is 4.77. The number of nitrogens with one attached hydrogen (secondary N) is 1. The summed E-state index contributed by atoms with van der Waals surface area (Å²) >= 11 is 9.35. The number of benzene rings is 1. The fourth-order valence-corrected chi connectivity index (χ4v) is 1.80. The van der Waals surface area contributed by atoms with Crippen LogP contribution in [0.25, 0.3) is 0 Å². The molecule has 1 N–H and O–H groups in total. The van der Waals surface area contributed by atoms with Gasteiger partial charge in [0.2, 0.25) is 0 Å². The van der Waals surface area contributed by atoms with Crippen molar-refractivity contribution in [1.29, 1.82) is 0 Å². The van der Waals surface area contributed by atoms with Crippen LogP contribution in [0.5, 0.6) is 0 Å². The summed E-state index contributed by atoms with van der Waals surface area (Å²) in [6.45, 7) is 3.58. The lowest BCUT2D eigenvalue weighted by Gasteiger charge is -2.12. The molecule has 1 atom stereocenters. The van der Waals surface area contributed by atoms with E-state index < -0.39 is 6.10 Å². The van der Waals surface area contributed by atoms with E-state index in [9.17, 15) is 4.79 Å². The van der Waals surface area contributed by atoms with Crippen molar-refractivity contribution in [3.63, 3.8) is 0 Å². The van der Waals surface area contributed by atoms with E-state index in [0.29, 0.717) is 10.7 Å². The number of methoxy groups -OCH3 is 1. The largest absolute Gasteiger partial charge is 0.372 e. The van der Waals surface area contributed by atoms with Crippen LogP contribution in [0.4, 0.5) is 5.69 Å². The summed E-state index contributed by atoms with van der Waals surface area (Å²) in [6, 6.07) is 3.57. The maximum atomic E-state index is 11.6. The molecule has 0 heterocycles. The van der Waals surface area contributed by atoms with Gasteiger partial charge in [0.1, 0.15) is 6.10 Å². The van der Waals surface area contributed by atoms with Crippen LogP contribution in [0.1, 0.15) is 12.5 Å². The van der Waals surface area contributed by atoms with E-state index in [4.69, 9.17) is 16.3 Å². The quantitative estimate of drug-likeness (QED) is 0.929. The van der Waals surface area contributed by atoms with Gasteiger partial charge in [-0.1, -0.05) is 11.6 Å². The Hall–Kier alpha value is -0.580. The Balaban J connectivity index is 2.90. The molecular weight excluding hydrogens is 293 g/mol. The van der Waals surface area contributed by atoms with Gasteiger partial charge in [-0.15, -0.1) is 0 Å². The van der Waals surface area contributed by atoms with E-state index in [2.05, 4.69) is 21.2 Å². The van der Waals surface area contributed by atoms with Crippen LogP contribution in [0.15, 0.2) is 16.6 Å². The zero-order chi connectivity index (χ0) is 12.3. The Morgan fingerprint density at radius 3 is 2.75 bits per heavy atom. The number of carbonyl (C=O) groups excluding carboxylic acids is 1. The molecule has 0 radical (unpaired) electrons. The molecule has 1 amide bonds. The van der Waals surface area contributed by atoms with Crippen molar-refractivity contribution in [3.05, 3.63) is 27.2 Å². The molecule has 0 aromatic heterocycles. The maximum absolute atomic E-state index is 11.6. The molecule has 0 aliphatic heterocycles. The molecule has 0 bridgehead atoms. The van der Waals surface area contributed by atoms with Crippen LogP contribution in [0.3, 0.4) is 0 Å². The lowest BCUT2D eigenvalue weighted by molar-refractivity contribution is -0.124. The van der Waals surface area contributed by atoms with E-state index in [0.717, 1.165) is 10.0 Å². The molecule has 0 aliphatic carbocycles. The third-order valence-corrected chi connectivity index (χ3v) is 3.29. The van der Waals surface area contributed by atoms with Gasteiger partial charge >= 0.3 is 0 Å². The van der Waals surface area contributed by atoms with Crippen LogP contribution in [0, 0.1) is 6.92 Å². The zero-order valence-electron chi connectivity index (χ0n) is 9.30. The number of anilines is 1. The summed E-state index contributed by atoms with van der Waals surface area (Å²) in [4.78, 5) is 11.6. The molecule has 1 unspecified atom stereocenters. The van der Waals surface area contributed by atoms with Crippen molar-refractivity contribution in [1.82, 2.24) is 0 Å². The number of aryl methyl sites for hydroxylation is 1. The highest BCUT2D eigenvalue weighted by Crippen LogP contribution is 2.29. The van der Waals surface area contributed by atoms with Crippen molar-refractivity contribution in [2.45, 2.75) is 20.0 Å². The second-order valence-corrected chi connectivity index (χ2v) is 4.71. The highest BCUT2D eigenvalue weighted by Gasteiger charge is 2.13. The van der Waals surface area contributed by atoms with Gasteiger partial charge in [-0.2, -0.15) is 0 Å². The molecule has 1 rings (SSSR count). The van der Waals surface area contributed by atoms with Crippen molar-refractivity contribution >= 4 is 39.1 Å². The van der Waals surface area contributed by atoms with Gasteiger partial charge in [-0.25, -0.2) is 0 Å². The third kappa shape index (κ3) is 3.20. The van der Waals surface area contributed by atoms with Gasteiger partial charge in [-0.3, -0.25) is 4.79 Å². The number of hydrogen-bond acceptors (Lipinski definition) is 2. The van der Waals surface area contributed by atoms with Gasteiger partial charge in [0.15, 0.2) is 0 Å². The first-order valence-electron chi connectivity index (χ1n) is 4.75. The summed E-state index contributed by atoms with van der Waals surface area (Å²) in [7, 11) is 1.49. The second-order valence-electron chi connectivity index (χ2n) is 3.45. The number of amides is 1. The summed E-state index contributed by atoms with van der Waals surface area (Å²) in [5.74, 6) is -0.205. The monoisotopic (exact) mass is 305 g/mol. The number of rotatable bonds is 3. The number of carbonyl (C=O) groups is 1.